The Hall–Kier alpha value is -1.79. The molecular formula is C14H26N2O5. The number of carbonyl (C=O) groups is 3. The smallest absolute Gasteiger partial charge is 0.328 e. The minimum absolute atomic E-state index is 0.00792. The molecule has 0 bridgehead atoms. The average Bonchev–Trinajstić information content (AvgIpc) is 2.33. The van der Waals surface area contributed by atoms with Gasteiger partial charge in [-0.05, 0) is 25.7 Å². The number of carbonyl (C=O) groups excluding carboxylic acids is 2. The number of esters is 1. The van der Waals surface area contributed by atoms with E-state index in [9.17, 15) is 14.4 Å². The number of carboxylic acids is 1. The van der Waals surface area contributed by atoms with Gasteiger partial charge < -0.3 is 20.5 Å². The van der Waals surface area contributed by atoms with Gasteiger partial charge in [-0.2, -0.15) is 0 Å². The van der Waals surface area contributed by atoms with Crippen LogP contribution in [-0.2, 0) is 14.3 Å². The van der Waals surface area contributed by atoms with E-state index in [0.29, 0.717) is 6.42 Å². The van der Waals surface area contributed by atoms with Crippen molar-refractivity contribution in [1.29, 1.82) is 0 Å². The zero-order valence-electron chi connectivity index (χ0n) is 13.4. The molecule has 0 saturated carbocycles. The number of aliphatic carboxylic acids is 1. The van der Waals surface area contributed by atoms with Crippen LogP contribution in [0.3, 0.4) is 0 Å². The molecule has 3 N–H and O–H groups in total. The zero-order valence-corrected chi connectivity index (χ0v) is 13.4. The van der Waals surface area contributed by atoms with Crippen LogP contribution in [0.25, 0.3) is 0 Å². The zero-order chi connectivity index (χ0) is 16.6. The number of amides is 2. The summed E-state index contributed by atoms with van der Waals surface area (Å²) in [4.78, 5) is 34.1. The number of nitrogens with one attached hydrogen (secondary N) is 2. The van der Waals surface area contributed by atoms with Crippen molar-refractivity contribution in [2.24, 2.45) is 11.3 Å². The van der Waals surface area contributed by atoms with E-state index in [4.69, 9.17) is 9.84 Å². The van der Waals surface area contributed by atoms with Crippen LogP contribution in [0.1, 0.15) is 41.0 Å². The second-order valence-electron chi connectivity index (χ2n) is 6.13. The van der Waals surface area contributed by atoms with Crippen molar-refractivity contribution in [3.63, 3.8) is 0 Å². The topological polar surface area (TPSA) is 105 Å². The predicted molar refractivity (Wildman–Crippen MR) is 77.8 cm³/mol. The molecule has 0 aliphatic heterocycles. The molecule has 21 heavy (non-hydrogen) atoms. The maximum absolute atomic E-state index is 11.6. The van der Waals surface area contributed by atoms with Crippen LogP contribution in [0, 0.1) is 11.3 Å². The molecule has 0 radical (unpaired) electrons. The highest BCUT2D eigenvalue weighted by Crippen LogP contribution is 2.24. The van der Waals surface area contributed by atoms with E-state index in [1.807, 2.05) is 20.8 Å². The molecule has 0 heterocycles. The highest BCUT2D eigenvalue weighted by atomic mass is 16.5. The molecule has 0 saturated heterocycles. The summed E-state index contributed by atoms with van der Waals surface area (Å²) in [7, 11) is 0. The number of carboxylic acid groups (broad SMARTS) is 1. The molecule has 0 aromatic rings. The Morgan fingerprint density at radius 3 is 2.24 bits per heavy atom. The highest BCUT2D eigenvalue weighted by Gasteiger charge is 2.25. The van der Waals surface area contributed by atoms with Crippen LogP contribution < -0.4 is 10.6 Å². The van der Waals surface area contributed by atoms with Crippen molar-refractivity contribution in [2.45, 2.75) is 47.1 Å². The van der Waals surface area contributed by atoms with Crippen molar-refractivity contribution in [3.05, 3.63) is 0 Å². The van der Waals surface area contributed by atoms with Gasteiger partial charge in [-0.25, -0.2) is 9.59 Å². The third kappa shape index (κ3) is 8.88. The van der Waals surface area contributed by atoms with Crippen molar-refractivity contribution in [2.75, 3.05) is 13.2 Å². The van der Waals surface area contributed by atoms with Crippen molar-refractivity contribution in [3.8, 4) is 0 Å². The fourth-order valence-corrected chi connectivity index (χ4v) is 1.78. The molecule has 0 aliphatic rings. The van der Waals surface area contributed by atoms with Crippen molar-refractivity contribution in [1.82, 2.24) is 10.6 Å². The molecule has 0 aromatic heterocycles. The minimum Gasteiger partial charge on any atom is -0.481 e. The third-order valence-electron chi connectivity index (χ3n) is 2.70. The molecule has 0 aromatic carbocycles. The van der Waals surface area contributed by atoms with E-state index < -0.39 is 29.9 Å². The fraction of sp³-hybridized carbons (Fsp3) is 0.786. The minimum atomic E-state index is -0.955. The maximum Gasteiger partial charge on any atom is 0.328 e. The van der Waals surface area contributed by atoms with Crippen molar-refractivity contribution >= 4 is 18.0 Å². The van der Waals surface area contributed by atoms with Crippen LogP contribution >= 0.6 is 0 Å². The maximum atomic E-state index is 11.6. The van der Waals surface area contributed by atoms with Gasteiger partial charge in [-0.3, -0.25) is 4.79 Å². The summed E-state index contributed by atoms with van der Waals surface area (Å²) in [5.41, 5.74) is -0.153. The van der Waals surface area contributed by atoms with Gasteiger partial charge in [-0.15, -0.1) is 0 Å². The highest BCUT2D eigenvalue weighted by molar-refractivity contribution is 5.83. The first kappa shape index (κ1) is 19.2. The molecule has 0 aliphatic carbocycles. The molecule has 122 valence electrons. The van der Waals surface area contributed by atoms with Gasteiger partial charge in [0.1, 0.15) is 6.04 Å². The lowest BCUT2D eigenvalue weighted by Gasteiger charge is -2.23. The monoisotopic (exact) mass is 302 g/mol. The molecule has 2 unspecified atom stereocenters. The largest absolute Gasteiger partial charge is 0.481 e. The SMILES string of the molecule is CCOC(=O)C(C)NC(=O)NCC(CC(C)(C)C)C(=O)O. The molecular weight excluding hydrogens is 276 g/mol. The van der Waals surface area contributed by atoms with Crippen LogP contribution in [0.4, 0.5) is 4.79 Å². The van der Waals surface area contributed by atoms with Gasteiger partial charge in [0.15, 0.2) is 0 Å². The first-order chi connectivity index (χ1) is 9.56. The van der Waals surface area contributed by atoms with E-state index in [1.54, 1.807) is 6.92 Å². The average molecular weight is 302 g/mol. The van der Waals surface area contributed by atoms with Gasteiger partial charge in [0.05, 0.1) is 12.5 Å². The number of urea groups is 1. The van der Waals surface area contributed by atoms with Crippen LogP contribution in [0.5, 0.6) is 0 Å². The summed E-state index contributed by atoms with van der Waals surface area (Å²) in [5, 5.41) is 14.0. The molecule has 0 fully saturated rings. The van der Waals surface area contributed by atoms with Gasteiger partial charge in [0.25, 0.3) is 0 Å². The van der Waals surface area contributed by atoms with Crippen LogP contribution in [0.2, 0.25) is 0 Å². The van der Waals surface area contributed by atoms with Gasteiger partial charge in [0.2, 0.25) is 0 Å². The second-order valence-corrected chi connectivity index (χ2v) is 6.13. The summed E-state index contributed by atoms with van der Waals surface area (Å²) < 4.78 is 4.76. The van der Waals surface area contributed by atoms with Crippen molar-refractivity contribution < 1.29 is 24.2 Å². The Balaban J connectivity index is 4.32. The fourth-order valence-electron chi connectivity index (χ4n) is 1.78. The van der Waals surface area contributed by atoms with Gasteiger partial charge in [-0.1, -0.05) is 20.8 Å². The lowest BCUT2D eigenvalue weighted by atomic mass is 9.84. The summed E-state index contributed by atoms with van der Waals surface area (Å²) in [6.45, 7) is 9.23. The number of hydrogen-bond acceptors (Lipinski definition) is 4. The summed E-state index contributed by atoms with van der Waals surface area (Å²) in [6.07, 6.45) is 0.441. The summed E-state index contributed by atoms with van der Waals surface area (Å²) >= 11 is 0. The number of rotatable bonds is 7. The van der Waals surface area contributed by atoms with E-state index in [1.165, 1.54) is 6.92 Å². The Morgan fingerprint density at radius 2 is 1.81 bits per heavy atom. The Bertz CT molecular complexity index is 376. The van der Waals surface area contributed by atoms with E-state index >= 15 is 0 Å². The third-order valence-corrected chi connectivity index (χ3v) is 2.70. The lowest BCUT2D eigenvalue weighted by Crippen LogP contribution is -2.47. The number of hydrogen-bond donors (Lipinski definition) is 3. The standard InChI is InChI=1S/C14H26N2O5/c1-6-21-12(19)9(2)16-13(20)15-8-10(11(17)18)7-14(3,4)5/h9-10H,6-8H2,1-5H3,(H,17,18)(H2,15,16,20). The Labute approximate surface area is 125 Å². The lowest BCUT2D eigenvalue weighted by molar-refractivity contribution is -0.145. The quantitative estimate of drug-likeness (QED) is 0.616. The Kier molecular flexibility index (Phi) is 7.76. The summed E-state index contributed by atoms with van der Waals surface area (Å²) in [5.74, 6) is -2.16. The first-order valence-electron chi connectivity index (χ1n) is 7.00. The molecule has 2 amide bonds. The molecule has 2 atom stereocenters. The van der Waals surface area contributed by atoms with E-state index in [-0.39, 0.29) is 18.6 Å². The summed E-state index contributed by atoms with van der Waals surface area (Å²) in [6, 6.07) is -1.37. The molecule has 0 spiro atoms. The molecule has 7 heteroatoms. The first-order valence-corrected chi connectivity index (χ1v) is 7.00. The molecule has 0 rings (SSSR count). The van der Waals surface area contributed by atoms with Gasteiger partial charge in [0, 0.05) is 6.54 Å². The Morgan fingerprint density at radius 1 is 1.24 bits per heavy atom. The second kappa shape index (κ2) is 8.49. The number of ether oxygens (including phenoxy) is 1. The van der Waals surface area contributed by atoms with Crippen LogP contribution in [-0.4, -0.2) is 42.3 Å². The normalized spacial score (nSPS) is 14.0. The van der Waals surface area contributed by atoms with Gasteiger partial charge >= 0.3 is 18.0 Å². The predicted octanol–water partition coefficient (Wildman–Crippen LogP) is 1.37. The van der Waals surface area contributed by atoms with Crippen LogP contribution in [0.15, 0.2) is 0 Å². The van der Waals surface area contributed by atoms with E-state index in [0.717, 1.165) is 0 Å². The van der Waals surface area contributed by atoms with E-state index in [2.05, 4.69) is 10.6 Å². The molecule has 7 nitrogen and oxygen atoms in total.